The molecule has 0 bridgehead atoms. The SMILES string of the molecule is Cc1ccc(NS(=O)(=O)c2csc(C3CC3)n2)c2[nH]cc(C#N)c12. The zero-order chi connectivity index (χ0) is 16.9. The average Bonchev–Trinajstić information content (AvgIpc) is 3.12. The highest BCUT2D eigenvalue weighted by Crippen LogP contribution is 2.42. The molecule has 0 unspecified atom stereocenters. The number of nitrogens with one attached hydrogen (secondary N) is 2. The van der Waals surface area contributed by atoms with E-state index in [1.165, 1.54) is 11.3 Å². The number of H-pyrrole nitrogens is 1. The summed E-state index contributed by atoms with van der Waals surface area (Å²) in [6.45, 7) is 1.89. The van der Waals surface area contributed by atoms with Crippen molar-refractivity contribution in [2.24, 2.45) is 0 Å². The van der Waals surface area contributed by atoms with Gasteiger partial charge in [0.15, 0.2) is 5.03 Å². The molecule has 2 N–H and O–H groups in total. The second-order valence-electron chi connectivity index (χ2n) is 5.90. The molecule has 2 heterocycles. The topological polar surface area (TPSA) is 98.6 Å². The molecular formula is C16H14N4O2S2. The van der Waals surface area contributed by atoms with Crippen LogP contribution in [0.1, 0.15) is 34.9 Å². The number of hydrogen-bond acceptors (Lipinski definition) is 5. The molecule has 24 heavy (non-hydrogen) atoms. The van der Waals surface area contributed by atoms with E-state index in [2.05, 4.69) is 20.8 Å². The van der Waals surface area contributed by atoms with Crippen LogP contribution in [0.4, 0.5) is 5.69 Å². The number of fused-ring (bicyclic) bond motifs is 1. The third kappa shape index (κ3) is 2.46. The van der Waals surface area contributed by atoms with Crippen molar-refractivity contribution in [1.29, 1.82) is 5.26 Å². The molecule has 6 nitrogen and oxygen atoms in total. The molecule has 8 heteroatoms. The number of aromatic nitrogens is 2. The second kappa shape index (κ2) is 5.33. The molecule has 1 saturated carbocycles. The molecule has 4 rings (SSSR count). The average molecular weight is 358 g/mol. The number of thiazole rings is 1. The lowest BCUT2D eigenvalue weighted by atomic mass is 10.1. The summed E-state index contributed by atoms with van der Waals surface area (Å²) >= 11 is 1.39. The van der Waals surface area contributed by atoms with E-state index in [9.17, 15) is 13.7 Å². The number of anilines is 1. The Bertz CT molecular complexity index is 1090. The Hall–Kier alpha value is -2.37. The van der Waals surface area contributed by atoms with E-state index in [1.807, 2.05) is 6.92 Å². The third-order valence-electron chi connectivity index (χ3n) is 4.11. The van der Waals surface area contributed by atoms with Crippen LogP contribution in [0.15, 0.2) is 28.7 Å². The van der Waals surface area contributed by atoms with Crippen LogP contribution in [0.3, 0.4) is 0 Å². The molecule has 2 aromatic heterocycles. The predicted octanol–water partition coefficient (Wildman–Crippen LogP) is 3.48. The summed E-state index contributed by atoms with van der Waals surface area (Å²) in [4.78, 5) is 7.25. The van der Waals surface area contributed by atoms with Gasteiger partial charge < -0.3 is 4.98 Å². The number of hydrogen-bond donors (Lipinski definition) is 2. The highest BCUT2D eigenvalue weighted by molar-refractivity contribution is 7.92. The fraction of sp³-hybridized carbons (Fsp3) is 0.250. The molecule has 1 fully saturated rings. The lowest BCUT2D eigenvalue weighted by Crippen LogP contribution is -2.13. The van der Waals surface area contributed by atoms with Gasteiger partial charge in [0.2, 0.25) is 0 Å². The molecule has 0 saturated heterocycles. The maximum absolute atomic E-state index is 12.6. The minimum absolute atomic E-state index is 0.0511. The first kappa shape index (κ1) is 15.2. The van der Waals surface area contributed by atoms with Crippen molar-refractivity contribution in [3.8, 4) is 6.07 Å². The molecular weight excluding hydrogens is 344 g/mol. The summed E-state index contributed by atoms with van der Waals surface area (Å²) < 4.78 is 27.8. The van der Waals surface area contributed by atoms with E-state index in [4.69, 9.17) is 0 Å². The number of nitrogens with zero attached hydrogens (tertiary/aromatic N) is 2. The van der Waals surface area contributed by atoms with E-state index >= 15 is 0 Å². The zero-order valence-electron chi connectivity index (χ0n) is 12.8. The lowest BCUT2D eigenvalue weighted by Gasteiger charge is -2.08. The van der Waals surface area contributed by atoms with Gasteiger partial charge >= 0.3 is 0 Å². The first-order chi connectivity index (χ1) is 11.5. The fourth-order valence-electron chi connectivity index (χ4n) is 2.70. The van der Waals surface area contributed by atoms with Gasteiger partial charge in [-0.25, -0.2) is 4.98 Å². The van der Waals surface area contributed by atoms with Crippen molar-refractivity contribution in [3.05, 3.63) is 39.8 Å². The highest BCUT2D eigenvalue weighted by atomic mass is 32.2. The molecule has 0 spiro atoms. The van der Waals surface area contributed by atoms with Crippen LogP contribution >= 0.6 is 11.3 Å². The van der Waals surface area contributed by atoms with E-state index < -0.39 is 10.0 Å². The standard InChI is InChI=1S/C16H14N4O2S2/c1-9-2-5-12(15-14(9)11(6-17)7-18-15)20-24(21,22)13-8-23-16(19-13)10-3-4-10/h2,5,7-8,10,18,20H,3-4H2,1H3. The van der Waals surface area contributed by atoms with Gasteiger partial charge in [0.25, 0.3) is 10.0 Å². The number of aromatic amines is 1. The third-order valence-corrected chi connectivity index (χ3v) is 6.52. The van der Waals surface area contributed by atoms with E-state index in [-0.39, 0.29) is 5.03 Å². The smallest absolute Gasteiger partial charge is 0.280 e. The van der Waals surface area contributed by atoms with Crippen LogP contribution in [0.5, 0.6) is 0 Å². The summed E-state index contributed by atoms with van der Waals surface area (Å²) in [7, 11) is -3.75. The van der Waals surface area contributed by atoms with E-state index in [1.54, 1.807) is 23.7 Å². The molecule has 0 radical (unpaired) electrons. The number of nitriles is 1. The second-order valence-corrected chi connectivity index (χ2v) is 8.42. The number of aryl methyl sites for hydroxylation is 1. The lowest BCUT2D eigenvalue weighted by molar-refractivity contribution is 0.598. The van der Waals surface area contributed by atoms with Gasteiger partial charge in [0.1, 0.15) is 6.07 Å². The normalized spacial score (nSPS) is 14.7. The van der Waals surface area contributed by atoms with Crippen molar-refractivity contribution < 1.29 is 8.42 Å². The Morgan fingerprint density at radius 1 is 1.42 bits per heavy atom. The minimum Gasteiger partial charge on any atom is -0.358 e. The van der Waals surface area contributed by atoms with Gasteiger partial charge in [-0.15, -0.1) is 11.3 Å². The molecule has 0 atom stereocenters. The summed E-state index contributed by atoms with van der Waals surface area (Å²) in [5, 5.41) is 12.4. The molecule has 0 aliphatic heterocycles. The Balaban J connectivity index is 1.74. The number of sulfonamides is 1. The number of rotatable bonds is 4. The van der Waals surface area contributed by atoms with Crippen molar-refractivity contribution in [3.63, 3.8) is 0 Å². The summed E-state index contributed by atoms with van der Waals surface area (Å²) in [6, 6.07) is 5.61. The van der Waals surface area contributed by atoms with Gasteiger partial charge in [-0.3, -0.25) is 4.72 Å². The molecule has 122 valence electrons. The summed E-state index contributed by atoms with van der Waals surface area (Å²) in [6.07, 6.45) is 3.75. The van der Waals surface area contributed by atoms with Gasteiger partial charge in [-0.2, -0.15) is 13.7 Å². The van der Waals surface area contributed by atoms with Crippen molar-refractivity contribution >= 4 is 38.0 Å². The first-order valence-corrected chi connectivity index (χ1v) is 9.85. The van der Waals surface area contributed by atoms with E-state index in [0.29, 0.717) is 22.7 Å². The Morgan fingerprint density at radius 2 is 2.21 bits per heavy atom. The van der Waals surface area contributed by atoms with Crippen LogP contribution in [-0.2, 0) is 10.0 Å². The molecule has 1 aliphatic carbocycles. The van der Waals surface area contributed by atoms with Crippen LogP contribution in [0.25, 0.3) is 10.9 Å². The molecule has 0 amide bonds. The predicted molar refractivity (Wildman–Crippen MR) is 92.6 cm³/mol. The Kier molecular flexibility index (Phi) is 3.37. The Morgan fingerprint density at radius 3 is 2.92 bits per heavy atom. The monoisotopic (exact) mass is 358 g/mol. The maximum Gasteiger partial charge on any atom is 0.280 e. The van der Waals surface area contributed by atoms with Gasteiger partial charge in [-0.05, 0) is 31.4 Å². The summed E-state index contributed by atoms with van der Waals surface area (Å²) in [5.74, 6) is 0.423. The zero-order valence-corrected chi connectivity index (χ0v) is 14.5. The minimum atomic E-state index is -3.75. The van der Waals surface area contributed by atoms with Crippen LogP contribution in [0.2, 0.25) is 0 Å². The first-order valence-electron chi connectivity index (χ1n) is 7.48. The van der Waals surface area contributed by atoms with E-state index in [0.717, 1.165) is 28.8 Å². The quantitative estimate of drug-likeness (QED) is 0.746. The molecule has 1 aliphatic rings. The van der Waals surface area contributed by atoms with Crippen molar-refractivity contribution in [1.82, 2.24) is 9.97 Å². The maximum atomic E-state index is 12.6. The van der Waals surface area contributed by atoms with Crippen LogP contribution in [0, 0.1) is 18.3 Å². The number of benzene rings is 1. The molecule has 1 aromatic carbocycles. The fourth-order valence-corrected chi connectivity index (χ4v) is 5.05. The van der Waals surface area contributed by atoms with Gasteiger partial charge in [0.05, 0.1) is 21.8 Å². The van der Waals surface area contributed by atoms with Crippen LogP contribution in [-0.4, -0.2) is 18.4 Å². The van der Waals surface area contributed by atoms with Crippen LogP contribution < -0.4 is 4.72 Å². The molecule has 3 aromatic rings. The van der Waals surface area contributed by atoms with Crippen molar-refractivity contribution in [2.75, 3.05) is 4.72 Å². The highest BCUT2D eigenvalue weighted by Gasteiger charge is 2.29. The van der Waals surface area contributed by atoms with Gasteiger partial charge in [0, 0.05) is 22.9 Å². The summed E-state index contributed by atoms with van der Waals surface area (Å²) in [5.41, 5.74) is 2.43. The largest absolute Gasteiger partial charge is 0.358 e. The van der Waals surface area contributed by atoms with Crippen molar-refractivity contribution in [2.45, 2.75) is 30.7 Å². The van der Waals surface area contributed by atoms with Gasteiger partial charge in [-0.1, -0.05) is 6.07 Å². The Labute approximate surface area is 143 Å².